The minimum Gasteiger partial charge on any atom is -0.434 e. The van der Waals surface area contributed by atoms with E-state index in [-0.39, 0.29) is 51.1 Å². The molecule has 226 valence electrons. The second kappa shape index (κ2) is 11.9. The average Bonchev–Trinajstić information content (AvgIpc) is 3.57. The van der Waals surface area contributed by atoms with E-state index in [0.29, 0.717) is 18.7 Å². The topological polar surface area (TPSA) is 119 Å². The molecule has 3 aromatic heterocycles. The summed E-state index contributed by atoms with van der Waals surface area (Å²) in [4.78, 5) is 34.9. The molecule has 0 saturated carbocycles. The van der Waals surface area contributed by atoms with E-state index in [1.54, 1.807) is 17.2 Å². The summed E-state index contributed by atoms with van der Waals surface area (Å²) in [7, 11) is 0. The van der Waals surface area contributed by atoms with Gasteiger partial charge in [0.05, 0.1) is 25.1 Å². The molecule has 4 aromatic rings. The number of benzene rings is 1. The third-order valence-corrected chi connectivity index (χ3v) is 7.71. The fraction of sp³-hybridized carbons (Fsp3) is 0.393. The van der Waals surface area contributed by atoms with Gasteiger partial charge in [-0.15, -0.1) is 0 Å². The summed E-state index contributed by atoms with van der Waals surface area (Å²) in [6.07, 6.45) is 6.03. The summed E-state index contributed by atoms with van der Waals surface area (Å²) in [5, 5.41) is 11.7. The van der Waals surface area contributed by atoms with Crippen LogP contribution in [0.1, 0.15) is 17.3 Å². The standard InChI is InChI=1S/C28H29ClF2N8O4/c1-28(16-42-17-28)15-36-7-9-37(10-8-36)23(40)14-38-13-21(34-26(41)20-12-33-39-6-2-5-32-25(20)39)24(35-38)19-11-18(29)3-4-22(19)43-27(30)31/h2-6,11-13,27H,7-10,14-17H2,1H3,(H,34,41). The minimum atomic E-state index is -3.11. The smallest absolute Gasteiger partial charge is 0.387 e. The first-order chi connectivity index (χ1) is 20.7. The molecular formula is C28H29ClF2N8O4. The lowest BCUT2D eigenvalue weighted by Gasteiger charge is -2.44. The first-order valence-corrected chi connectivity index (χ1v) is 14.0. The number of nitrogens with zero attached hydrogens (tertiary/aromatic N) is 7. The van der Waals surface area contributed by atoms with Crippen molar-refractivity contribution in [3.05, 3.63) is 59.6 Å². The molecule has 0 unspecified atom stereocenters. The van der Waals surface area contributed by atoms with Crippen LogP contribution in [-0.2, 0) is 16.1 Å². The van der Waals surface area contributed by atoms with Crippen molar-refractivity contribution in [1.29, 1.82) is 0 Å². The highest BCUT2D eigenvalue weighted by atomic mass is 35.5. The Bertz CT molecular complexity index is 1650. The van der Waals surface area contributed by atoms with Crippen molar-refractivity contribution in [1.82, 2.24) is 34.2 Å². The van der Waals surface area contributed by atoms with Crippen LogP contribution < -0.4 is 10.1 Å². The van der Waals surface area contributed by atoms with Gasteiger partial charge in [-0.25, -0.2) is 9.50 Å². The third kappa shape index (κ3) is 6.31. The van der Waals surface area contributed by atoms with E-state index in [1.165, 1.54) is 46.0 Å². The van der Waals surface area contributed by atoms with Crippen LogP contribution >= 0.6 is 11.6 Å². The normalized spacial score (nSPS) is 16.8. The molecule has 1 aromatic carbocycles. The number of hydrogen-bond donors (Lipinski definition) is 1. The molecule has 12 nitrogen and oxygen atoms in total. The summed E-state index contributed by atoms with van der Waals surface area (Å²) >= 11 is 6.21. The molecule has 2 aliphatic rings. The van der Waals surface area contributed by atoms with Crippen molar-refractivity contribution in [3.63, 3.8) is 0 Å². The largest absolute Gasteiger partial charge is 0.434 e. The van der Waals surface area contributed by atoms with E-state index >= 15 is 0 Å². The van der Waals surface area contributed by atoms with E-state index in [1.807, 2.05) is 0 Å². The van der Waals surface area contributed by atoms with Gasteiger partial charge in [-0.05, 0) is 24.3 Å². The first kappa shape index (κ1) is 29.0. The summed E-state index contributed by atoms with van der Waals surface area (Å²) in [5.74, 6) is -0.904. The second-order valence-corrected chi connectivity index (χ2v) is 11.4. The molecule has 0 bridgehead atoms. The maximum absolute atomic E-state index is 13.3. The molecule has 43 heavy (non-hydrogen) atoms. The van der Waals surface area contributed by atoms with Crippen molar-refractivity contribution in [2.24, 2.45) is 5.41 Å². The molecule has 0 aliphatic carbocycles. The maximum Gasteiger partial charge on any atom is 0.387 e. The molecule has 2 fully saturated rings. The van der Waals surface area contributed by atoms with Crippen LogP contribution in [0.4, 0.5) is 14.5 Å². The Morgan fingerprint density at radius 2 is 2.00 bits per heavy atom. The highest BCUT2D eigenvalue weighted by Gasteiger charge is 2.36. The number of aromatic nitrogens is 5. The molecule has 2 saturated heterocycles. The Hall–Kier alpha value is -4.14. The first-order valence-electron chi connectivity index (χ1n) is 13.7. The molecule has 0 spiro atoms. The van der Waals surface area contributed by atoms with Gasteiger partial charge in [0.2, 0.25) is 5.91 Å². The van der Waals surface area contributed by atoms with Crippen LogP contribution in [0.3, 0.4) is 0 Å². The second-order valence-electron chi connectivity index (χ2n) is 11.0. The van der Waals surface area contributed by atoms with Crippen LogP contribution in [0.15, 0.2) is 49.1 Å². The van der Waals surface area contributed by atoms with Gasteiger partial charge in [0.15, 0.2) is 5.65 Å². The zero-order chi connectivity index (χ0) is 30.1. The predicted molar refractivity (Wildman–Crippen MR) is 152 cm³/mol. The Morgan fingerprint density at radius 3 is 2.72 bits per heavy atom. The van der Waals surface area contributed by atoms with Crippen molar-refractivity contribution in [3.8, 4) is 17.0 Å². The number of ether oxygens (including phenoxy) is 2. The van der Waals surface area contributed by atoms with Crippen molar-refractivity contribution in [2.45, 2.75) is 20.1 Å². The number of fused-ring (bicyclic) bond motifs is 1. The zero-order valence-electron chi connectivity index (χ0n) is 23.3. The monoisotopic (exact) mass is 614 g/mol. The highest BCUT2D eigenvalue weighted by Crippen LogP contribution is 2.37. The number of amides is 2. The quantitative estimate of drug-likeness (QED) is 0.305. The number of carbonyl (C=O) groups is 2. The van der Waals surface area contributed by atoms with E-state index in [4.69, 9.17) is 21.1 Å². The van der Waals surface area contributed by atoms with Gasteiger partial charge in [-0.2, -0.15) is 19.0 Å². The molecule has 5 heterocycles. The molecular weight excluding hydrogens is 586 g/mol. The molecule has 1 N–H and O–H groups in total. The van der Waals surface area contributed by atoms with Crippen LogP contribution in [0.25, 0.3) is 16.9 Å². The summed E-state index contributed by atoms with van der Waals surface area (Å²) in [6, 6.07) is 5.79. The van der Waals surface area contributed by atoms with Crippen LogP contribution in [-0.4, -0.2) is 98.5 Å². The fourth-order valence-corrected chi connectivity index (χ4v) is 5.50. The zero-order valence-corrected chi connectivity index (χ0v) is 24.0. The maximum atomic E-state index is 13.3. The Balaban J connectivity index is 1.24. The van der Waals surface area contributed by atoms with Gasteiger partial charge >= 0.3 is 6.61 Å². The van der Waals surface area contributed by atoms with Crippen LogP contribution in [0, 0.1) is 5.41 Å². The summed E-state index contributed by atoms with van der Waals surface area (Å²) in [5.41, 5.74) is 1.05. The van der Waals surface area contributed by atoms with Crippen LogP contribution in [0.2, 0.25) is 5.02 Å². The van der Waals surface area contributed by atoms with Crippen molar-refractivity contribution >= 4 is 34.7 Å². The molecule has 15 heteroatoms. The molecule has 2 aliphatic heterocycles. The lowest BCUT2D eigenvalue weighted by molar-refractivity contribution is -0.137. The van der Waals surface area contributed by atoms with Gasteiger partial charge in [-0.1, -0.05) is 18.5 Å². The van der Waals surface area contributed by atoms with Gasteiger partial charge in [0, 0.05) is 67.3 Å². The Morgan fingerprint density at radius 1 is 1.21 bits per heavy atom. The van der Waals surface area contributed by atoms with E-state index in [0.717, 1.165) is 32.8 Å². The SMILES string of the molecule is CC1(CN2CCN(C(=O)Cn3cc(NC(=O)c4cnn5cccnc45)c(-c4cc(Cl)ccc4OC(F)F)n3)CC2)COC1. The number of rotatable bonds is 9. The molecule has 0 radical (unpaired) electrons. The van der Waals surface area contributed by atoms with Gasteiger partial charge < -0.3 is 19.7 Å². The number of alkyl halides is 2. The molecule has 2 amide bonds. The summed E-state index contributed by atoms with van der Waals surface area (Å²) < 4.78 is 39.4. The number of hydrogen-bond acceptors (Lipinski definition) is 8. The third-order valence-electron chi connectivity index (χ3n) is 7.48. The number of nitrogens with one attached hydrogen (secondary N) is 1. The summed E-state index contributed by atoms with van der Waals surface area (Å²) in [6.45, 7) is 4.01. The van der Waals surface area contributed by atoms with Gasteiger partial charge in [-0.3, -0.25) is 19.2 Å². The number of anilines is 1. The Labute approximate surface area is 250 Å². The van der Waals surface area contributed by atoms with E-state index in [2.05, 4.69) is 32.3 Å². The van der Waals surface area contributed by atoms with Crippen LogP contribution in [0.5, 0.6) is 5.75 Å². The minimum absolute atomic E-state index is 0.101. The lowest BCUT2D eigenvalue weighted by atomic mass is 9.88. The number of halogens is 3. The van der Waals surface area contributed by atoms with Crippen molar-refractivity contribution in [2.75, 3.05) is 51.3 Å². The lowest BCUT2D eigenvalue weighted by Crippen LogP contribution is -2.55. The molecule has 6 rings (SSSR count). The van der Waals surface area contributed by atoms with E-state index in [9.17, 15) is 18.4 Å². The van der Waals surface area contributed by atoms with Crippen molar-refractivity contribution < 1.29 is 27.8 Å². The van der Waals surface area contributed by atoms with Gasteiger partial charge in [0.1, 0.15) is 23.6 Å². The van der Waals surface area contributed by atoms with Gasteiger partial charge in [0.25, 0.3) is 5.91 Å². The number of carbonyl (C=O) groups excluding carboxylic acids is 2. The average molecular weight is 615 g/mol. The molecule has 0 atom stereocenters. The highest BCUT2D eigenvalue weighted by molar-refractivity contribution is 6.31. The van der Waals surface area contributed by atoms with E-state index < -0.39 is 12.5 Å². The predicted octanol–water partition coefficient (Wildman–Crippen LogP) is 3.28. The fourth-order valence-electron chi connectivity index (χ4n) is 5.33. The number of piperazine rings is 1. The Kier molecular flexibility index (Phi) is 7.99.